The van der Waals surface area contributed by atoms with Gasteiger partial charge in [0, 0.05) is 0 Å². The number of hydrogen-bond donors (Lipinski definition) is 0. The number of benzene rings is 1. The molecule has 0 heterocycles. The maximum Gasteiger partial charge on any atom is 0.0814 e. The Labute approximate surface area is 69.8 Å². The summed E-state index contributed by atoms with van der Waals surface area (Å²) < 4.78 is 0. The van der Waals surface area contributed by atoms with Gasteiger partial charge in [0.25, 0.3) is 0 Å². The van der Waals surface area contributed by atoms with Gasteiger partial charge in [-0.05, 0) is 11.1 Å². The van der Waals surface area contributed by atoms with Crippen LogP contribution >= 0.6 is 0 Å². The van der Waals surface area contributed by atoms with Crippen LogP contribution in [0.3, 0.4) is 0 Å². The summed E-state index contributed by atoms with van der Waals surface area (Å²) in [6.07, 6.45) is 3.66. The van der Waals surface area contributed by atoms with Gasteiger partial charge in [0.05, 0.1) is 8.41 Å². The van der Waals surface area contributed by atoms with Crippen LogP contribution in [0.15, 0.2) is 37.4 Å². The summed E-state index contributed by atoms with van der Waals surface area (Å²) >= 11 is 0. The molecule has 0 bridgehead atoms. The molecule has 1 aromatic carbocycles. The third-order valence-corrected chi connectivity index (χ3v) is 1.44. The van der Waals surface area contributed by atoms with Crippen molar-refractivity contribution in [2.24, 2.45) is 0 Å². The Hall–Kier alpha value is -1.24. The number of hydrogen-bond acceptors (Lipinski definition) is 0. The Morgan fingerprint density at radius 1 is 0.909 bits per heavy atom. The summed E-state index contributed by atoms with van der Waals surface area (Å²) in [6, 6.07) is 8.02. The number of rotatable bonds is 2. The highest BCUT2D eigenvalue weighted by atomic mass is 13.9. The van der Waals surface area contributed by atoms with Crippen molar-refractivity contribution in [2.45, 2.75) is 0 Å². The molecule has 0 saturated heterocycles. The zero-order chi connectivity index (χ0) is 7.40. The highest BCUT2D eigenvalue weighted by Gasteiger charge is 1.89. The van der Waals surface area contributed by atoms with Crippen LogP contribution in [0, 0.1) is 0 Å². The second-order valence-corrected chi connectivity index (χ2v) is 2.04. The fraction of sp³-hybridized carbons (Fsp3) is 0. The Balaban J connectivity index is 0.000001000. The van der Waals surface area contributed by atoms with Crippen LogP contribution in [-0.4, -0.2) is 8.41 Å². The van der Waals surface area contributed by atoms with Crippen molar-refractivity contribution in [3.05, 3.63) is 48.6 Å². The Kier molecular flexibility index (Phi) is 4.05. The Bertz CT molecular complexity index is 224. The first kappa shape index (κ1) is 9.76. The molecular weight excluding hydrogens is 131 g/mol. The van der Waals surface area contributed by atoms with Gasteiger partial charge < -0.3 is 0 Å². The van der Waals surface area contributed by atoms with Crippen molar-refractivity contribution in [2.75, 3.05) is 0 Å². The third-order valence-electron chi connectivity index (χ3n) is 1.44. The first-order chi connectivity index (χ1) is 4.88. The largest absolute Gasteiger partial charge is 0.0984 e. The predicted molar refractivity (Wildman–Crippen MR) is 56.6 cm³/mol. The minimum absolute atomic E-state index is 0. The summed E-state index contributed by atoms with van der Waals surface area (Å²) in [5.74, 6) is 0. The summed E-state index contributed by atoms with van der Waals surface area (Å²) in [5, 5.41) is 0. The fourth-order valence-electron chi connectivity index (χ4n) is 0.883. The second kappa shape index (κ2) is 4.56. The summed E-state index contributed by atoms with van der Waals surface area (Å²) in [7, 11) is 0. The predicted octanol–water partition coefficient (Wildman–Crippen LogP) is 1.79. The smallest absolute Gasteiger partial charge is 0.0814 e. The Morgan fingerprint density at radius 2 is 1.27 bits per heavy atom. The average molecular weight is 144 g/mol. The molecule has 0 amide bonds. The van der Waals surface area contributed by atoms with Gasteiger partial charge in [-0.2, -0.15) is 0 Å². The quantitative estimate of drug-likeness (QED) is 0.555. The van der Waals surface area contributed by atoms with Crippen LogP contribution in [0.25, 0.3) is 12.2 Å². The maximum atomic E-state index is 3.69. The second-order valence-electron chi connectivity index (χ2n) is 2.04. The van der Waals surface area contributed by atoms with E-state index in [1.165, 1.54) is 0 Å². The van der Waals surface area contributed by atoms with Crippen LogP contribution in [-0.2, 0) is 0 Å². The minimum Gasteiger partial charge on any atom is -0.0984 e. The molecule has 1 aromatic rings. The zero-order valence-corrected chi connectivity index (χ0v) is 5.88. The first-order valence-electron chi connectivity index (χ1n) is 3.22. The van der Waals surface area contributed by atoms with Crippen molar-refractivity contribution in [3.8, 4) is 0 Å². The molecule has 0 N–H and O–H groups in total. The SMILES string of the molecule is B.C=Cc1ccccc1C=C. The van der Waals surface area contributed by atoms with Crippen LogP contribution in [0.5, 0.6) is 0 Å². The molecular formula is C10H13B. The molecule has 0 atom stereocenters. The molecule has 1 heteroatoms. The van der Waals surface area contributed by atoms with Gasteiger partial charge in [-0.1, -0.05) is 49.6 Å². The van der Waals surface area contributed by atoms with E-state index in [0.29, 0.717) is 0 Å². The van der Waals surface area contributed by atoms with Crippen molar-refractivity contribution in [3.63, 3.8) is 0 Å². The summed E-state index contributed by atoms with van der Waals surface area (Å²) in [6.45, 7) is 7.38. The molecule has 0 radical (unpaired) electrons. The molecule has 0 fully saturated rings. The highest BCUT2D eigenvalue weighted by molar-refractivity contribution is 5.75. The summed E-state index contributed by atoms with van der Waals surface area (Å²) in [4.78, 5) is 0. The molecule has 56 valence electrons. The van der Waals surface area contributed by atoms with E-state index < -0.39 is 0 Å². The lowest BCUT2D eigenvalue weighted by Crippen LogP contribution is -1.76. The van der Waals surface area contributed by atoms with Gasteiger partial charge >= 0.3 is 0 Å². The van der Waals surface area contributed by atoms with Crippen LogP contribution in [0.2, 0.25) is 0 Å². The molecule has 0 aliphatic rings. The monoisotopic (exact) mass is 144 g/mol. The van der Waals surface area contributed by atoms with E-state index in [1.807, 2.05) is 36.4 Å². The minimum atomic E-state index is 0. The molecule has 0 unspecified atom stereocenters. The fourth-order valence-corrected chi connectivity index (χ4v) is 0.883. The van der Waals surface area contributed by atoms with E-state index in [2.05, 4.69) is 13.2 Å². The van der Waals surface area contributed by atoms with E-state index in [4.69, 9.17) is 0 Å². The van der Waals surface area contributed by atoms with Gasteiger partial charge in [0.2, 0.25) is 0 Å². The topological polar surface area (TPSA) is 0 Å². The van der Waals surface area contributed by atoms with Gasteiger partial charge in [0.15, 0.2) is 0 Å². The van der Waals surface area contributed by atoms with E-state index in [0.717, 1.165) is 11.1 Å². The molecule has 0 spiro atoms. The summed E-state index contributed by atoms with van der Waals surface area (Å²) in [5.41, 5.74) is 2.27. The molecule has 0 aliphatic carbocycles. The molecule has 0 aromatic heterocycles. The van der Waals surface area contributed by atoms with Gasteiger partial charge in [0.1, 0.15) is 0 Å². The standard InChI is InChI=1S/C10H10.BH3/c1-3-9-7-5-6-8-10(9)4-2;/h3-8H,1-2H2;1H3. The van der Waals surface area contributed by atoms with Gasteiger partial charge in [-0.15, -0.1) is 0 Å². The van der Waals surface area contributed by atoms with Gasteiger partial charge in [-0.3, -0.25) is 0 Å². The van der Waals surface area contributed by atoms with Crippen molar-refractivity contribution >= 4 is 20.6 Å². The van der Waals surface area contributed by atoms with Crippen LogP contribution in [0.4, 0.5) is 0 Å². The van der Waals surface area contributed by atoms with Crippen LogP contribution < -0.4 is 0 Å². The Morgan fingerprint density at radius 3 is 1.55 bits per heavy atom. The molecule has 11 heavy (non-hydrogen) atoms. The normalized spacial score (nSPS) is 8.00. The van der Waals surface area contributed by atoms with E-state index in [1.54, 1.807) is 0 Å². The van der Waals surface area contributed by atoms with E-state index in [9.17, 15) is 0 Å². The van der Waals surface area contributed by atoms with Gasteiger partial charge in [-0.25, -0.2) is 0 Å². The average Bonchev–Trinajstić information content (AvgIpc) is 2.04. The maximum absolute atomic E-state index is 3.69. The van der Waals surface area contributed by atoms with Crippen molar-refractivity contribution < 1.29 is 0 Å². The first-order valence-corrected chi connectivity index (χ1v) is 3.22. The van der Waals surface area contributed by atoms with Crippen LogP contribution in [0.1, 0.15) is 11.1 Å². The lowest BCUT2D eigenvalue weighted by atomic mass is 10.1. The lowest BCUT2D eigenvalue weighted by molar-refractivity contribution is 1.62. The van der Waals surface area contributed by atoms with Crippen molar-refractivity contribution in [1.82, 2.24) is 0 Å². The zero-order valence-electron chi connectivity index (χ0n) is 5.88. The molecule has 1 rings (SSSR count). The lowest BCUT2D eigenvalue weighted by Gasteiger charge is -1.96. The van der Waals surface area contributed by atoms with E-state index in [-0.39, 0.29) is 8.41 Å². The molecule has 0 nitrogen and oxygen atoms in total. The van der Waals surface area contributed by atoms with E-state index >= 15 is 0 Å². The third kappa shape index (κ3) is 2.12. The molecule has 0 saturated carbocycles. The highest BCUT2D eigenvalue weighted by Crippen LogP contribution is 2.10. The van der Waals surface area contributed by atoms with Crippen molar-refractivity contribution in [1.29, 1.82) is 0 Å². The molecule has 0 aliphatic heterocycles.